The molecular formula is C16H17N3OS. The summed E-state index contributed by atoms with van der Waals surface area (Å²) in [5, 5.41) is 6.16. The topological polar surface area (TPSA) is 46.9 Å². The van der Waals surface area contributed by atoms with Crippen molar-refractivity contribution in [2.75, 3.05) is 0 Å². The highest BCUT2D eigenvalue weighted by Crippen LogP contribution is 2.28. The summed E-state index contributed by atoms with van der Waals surface area (Å²) in [5.74, 6) is -0.0380. The summed E-state index contributed by atoms with van der Waals surface area (Å²) in [6, 6.07) is 8.08. The minimum Gasteiger partial charge on any atom is -0.347 e. The lowest BCUT2D eigenvalue weighted by Crippen LogP contribution is -2.25. The number of thiophene rings is 1. The Morgan fingerprint density at radius 1 is 1.33 bits per heavy atom. The normalized spacial score (nSPS) is 11.2. The number of amides is 1. The molecule has 0 aliphatic rings. The number of pyridine rings is 1. The molecule has 0 bridgehead atoms. The predicted octanol–water partition coefficient (Wildman–Crippen LogP) is 3.61. The van der Waals surface area contributed by atoms with Crippen LogP contribution in [0.3, 0.4) is 0 Å². The van der Waals surface area contributed by atoms with E-state index in [9.17, 15) is 4.79 Å². The molecule has 1 N–H and O–H groups in total. The number of fused-ring (bicyclic) bond motifs is 1. The summed E-state index contributed by atoms with van der Waals surface area (Å²) in [4.78, 5) is 17.6. The minimum atomic E-state index is -0.0380. The van der Waals surface area contributed by atoms with E-state index in [1.165, 1.54) is 0 Å². The maximum absolute atomic E-state index is 12.5. The van der Waals surface area contributed by atoms with E-state index in [1.54, 1.807) is 23.7 Å². The summed E-state index contributed by atoms with van der Waals surface area (Å²) < 4.78 is 2.10. The minimum absolute atomic E-state index is 0.0380. The number of nitrogens with zero attached hydrogens (tertiary/aromatic N) is 2. The van der Waals surface area contributed by atoms with E-state index in [1.807, 2.05) is 18.2 Å². The van der Waals surface area contributed by atoms with Gasteiger partial charge in [0.05, 0.1) is 0 Å². The van der Waals surface area contributed by atoms with Crippen LogP contribution in [0, 0.1) is 0 Å². The van der Waals surface area contributed by atoms with Gasteiger partial charge in [-0.1, -0.05) is 0 Å². The van der Waals surface area contributed by atoms with Crippen molar-refractivity contribution in [1.29, 1.82) is 0 Å². The molecule has 0 unspecified atom stereocenters. The van der Waals surface area contributed by atoms with Crippen LogP contribution in [0.15, 0.2) is 42.0 Å². The van der Waals surface area contributed by atoms with E-state index in [4.69, 9.17) is 0 Å². The number of hydrogen-bond acceptors (Lipinski definition) is 3. The largest absolute Gasteiger partial charge is 0.347 e. The number of rotatable bonds is 4. The van der Waals surface area contributed by atoms with Crippen molar-refractivity contribution >= 4 is 27.5 Å². The zero-order chi connectivity index (χ0) is 14.8. The Hall–Kier alpha value is -2.14. The van der Waals surface area contributed by atoms with Gasteiger partial charge in [0, 0.05) is 30.4 Å². The second-order valence-corrected chi connectivity index (χ2v) is 6.11. The zero-order valence-electron chi connectivity index (χ0n) is 12.0. The summed E-state index contributed by atoms with van der Waals surface area (Å²) in [7, 11) is 0. The Balaban J connectivity index is 1.84. The lowest BCUT2D eigenvalue weighted by molar-refractivity contribution is 0.0940. The molecule has 0 aliphatic heterocycles. The number of carbonyl (C=O) groups excluding carboxylic acids is 1. The molecule has 0 saturated carbocycles. The highest BCUT2D eigenvalue weighted by atomic mass is 32.1. The van der Waals surface area contributed by atoms with Crippen molar-refractivity contribution in [2.45, 2.75) is 26.4 Å². The quantitative estimate of drug-likeness (QED) is 0.800. The molecule has 3 aromatic heterocycles. The second-order valence-electron chi connectivity index (χ2n) is 5.21. The van der Waals surface area contributed by atoms with Crippen LogP contribution < -0.4 is 5.32 Å². The average Bonchev–Trinajstić information content (AvgIpc) is 3.05. The average molecular weight is 299 g/mol. The maximum atomic E-state index is 12.5. The highest BCUT2D eigenvalue weighted by molar-refractivity contribution is 7.16. The molecule has 0 saturated heterocycles. The number of hydrogen-bond donors (Lipinski definition) is 1. The molecule has 0 aliphatic carbocycles. The van der Waals surface area contributed by atoms with Gasteiger partial charge >= 0.3 is 0 Å². The Morgan fingerprint density at radius 3 is 2.81 bits per heavy atom. The third kappa shape index (κ3) is 2.69. The standard InChI is InChI=1S/C16H17N3OS/c1-11(2)19-14(9-13-5-8-21-16(13)19)15(20)18-10-12-3-6-17-7-4-12/h3-9,11H,10H2,1-2H3,(H,18,20). The van der Waals surface area contributed by atoms with Gasteiger partial charge in [-0.3, -0.25) is 9.78 Å². The fourth-order valence-corrected chi connectivity index (χ4v) is 3.43. The Labute approximate surface area is 127 Å². The molecule has 0 aromatic carbocycles. The van der Waals surface area contributed by atoms with Crippen LogP contribution in [0.2, 0.25) is 0 Å². The molecule has 0 spiro atoms. The van der Waals surface area contributed by atoms with E-state index >= 15 is 0 Å². The highest BCUT2D eigenvalue weighted by Gasteiger charge is 2.17. The molecule has 0 fully saturated rings. The summed E-state index contributed by atoms with van der Waals surface area (Å²) in [6.45, 7) is 4.70. The van der Waals surface area contributed by atoms with Crippen LogP contribution in [0.1, 0.15) is 35.9 Å². The van der Waals surface area contributed by atoms with E-state index in [-0.39, 0.29) is 11.9 Å². The van der Waals surface area contributed by atoms with Crippen molar-refractivity contribution in [2.24, 2.45) is 0 Å². The van der Waals surface area contributed by atoms with Gasteiger partial charge in [-0.05, 0) is 49.1 Å². The van der Waals surface area contributed by atoms with Gasteiger partial charge in [-0.2, -0.15) is 0 Å². The SMILES string of the molecule is CC(C)n1c(C(=O)NCc2ccncc2)cc2ccsc21. The van der Waals surface area contributed by atoms with Crippen LogP contribution in [0.5, 0.6) is 0 Å². The molecule has 0 atom stereocenters. The Morgan fingerprint density at radius 2 is 2.10 bits per heavy atom. The van der Waals surface area contributed by atoms with Crippen molar-refractivity contribution in [3.05, 3.63) is 53.3 Å². The van der Waals surface area contributed by atoms with Crippen molar-refractivity contribution in [1.82, 2.24) is 14.9 Å². The van der Waals surface area contributed by atoms with Crippen molar-refractivity contribution < 1.29 is 4.79 Å². The molecule has 0 radical (unpaired) electrons. The van der Waals surface area contributed by atoms with Gasteiger partial charge in [0.1, 0.15) is 10.5 Å². The van der Waals surface area contributed by atoms with Crippen molar-refractivity contribution in [3.63, 3.8) is 0 Å². The van der Waals surface area contributed by atoms with Gasteiger partial charge in [0.15, 0.2) is 0 Å². The van der Waals surface area contributed by atoms with E-state index in [0.717, 1.165) is 21.5 Å². The van der Waals surface area contributed by atoms with Gasteiger partial charge in [0.25, 0.3) is 5.91 Å². The summed E-state index contributed by atoms with van der Waals surface area (Å²) in [5.41, 5.74) is 1.77. The molecule has 108 valence electrons. The summed E-state index contributed by atoms with van der Waals surface area (Å²) in [6.07, 6.45) is 3.46. The van der Waals surface area contributed by atoms with Gasteiger partial charge < -0.3 is 9.88 Å². The van der Waals surface area contributed by atoms with Crippen LogP contribution >= 0.6 is 11.3 Å². The first kappa shape index (κ1) is 13.8. The monoisotopic (exact) mass is 299 g/mol. The van der Waals surface area contributed by atoms with E-state index < -0.39 is 0 Å². The number of aromatic nitrogens is 2. The maximum Gasteiger partial charge on any atom is 0.268 e. The van der Waals surface area contributed by atoms with Gasteiger partial charge in [-0.15, -0.1) is 11.3 Å². The molecule has 1 amide bonds. The number of nitrogens with one attached hydrogen (secondary N) is 1. The van der Waals surface area contributed by atoms with Gasteiger partial charge in [0.2, 0.25) is 0 Å². The fourth-order valence-electron chi connectivity index (χ4n) is 2.40. The smallest absolute Gasteiger partial charge is 0.268 e. The lowest BCUT2D eigenvalue weighted by atomic mass is 10.2. The first-order valence-electron chi connectivity index (χ1n) is 6.92. The van der Waals surface area contributed by atoms with Crippen LogP contribution in [0.25, 0.3) is 10.2 Å². The van der Waals surface area contributed by atoms with E-state index in [2.05, 4.69) is 40.2 Å². The fraction of sp³-hybridized carbons (Fsp3) is 0.250. The van der Waals surface area contributed by atoms with Crippen molar-refractivity contribution in [3.8, 4) is 0 Å². The Kier molecular flexibility index (Phi) is 3.75. The van der Waals surface area contributed by atoms with Gasteiger partial charge in [-0.25, -0.2) is 0 Å². The van der Waals surface area contributed by atoms with Crippen LogP contribution in [0.4, 0.5) is 0 Å². The first-order chi connectivity index (χ1) is 10.2. The molecule has 3 aromatic rings. The molecule has 3 heterocycles. The molecule has 21 heavy (non-hydrogen) atoms. The predicted molar refractivity (Wildman–Crippen MR) is 85.6 cm³/mol. The summed E-state index contributed by atoms with van der Waals surface area (Å²) >= 11 is 1.67. The van der Waals surface area contributed by atoms with E-state index in [0.29, 0.717) is 6.54 Å². The molecular weight excluding hydrogens is 282 g/mol. The number of carbonyl (C=O) groups is 1. The molecule has 4 nitrogen and oxygen atoms in total. The lowest BCUT2D eigenvalue weighted by Gasteiger charge is -2.13. The van der Waals surface area contributed by atoms with Crippen LogP contribution in [-0.4, -0.2) is 15.5 Å². The molecule has 5 heteroatoms. The first-order valence-corrected chi connectivity index (χ1v) is 7.80. The molecule has 3 rings (SSSR count). The third-order valence-electron chi connectivity index (χ3n) is 3.40. The zero-order valence-corrected chi connectivity index (χ0v) is 12.9. The van der Waals surface area contributed by atoms with Crippen LogP contribution in [-0.2, 0) is 6.54 Å². The second kappa shape index (κ2) is 5.69. The third-order valence-corrected chi connectivity index (χ3v) is 4.32. The Bertz CT molecular complexity index is 758.